The van der Waals surface area contributed by atoms with Crippen LogP contribution in [0.25, 0.3) is 0 Å². The number of hydrogen-bond acceptors (Lipinski definition) is 3. The van der Waals surface area contributed by atoms with Crippen molar-refractivity contribution in [3.63, 3.8) is 0 Å². The second kappa shape index (κ2) is 5.70. The van der Waals surface area contributed by atoms with Crippen molar-refractivity contribution in [1.82, 2.24) is 0 Å². The lowest BCUT2D eigenvalue weighted by molar-refractivity contribution is -0.193. The second-order valence-electron chi connectivity index (χ2n) is 5.43. The maximum absolute atomic E-state index is 11.6. The molecule has 0 radical (unpaired) electrons. The minimum Gasteiger partial charge on any atom is -0.451 e. The zero-order valence-electron chi connectivity index (χ0n) is 12.5. The van der Waals surface area contributed by atoms with Crippen LogP contribution in [0.1, 0.15) is 31.9 Å². The SMILES string of the molecule is CC(=O)OC(C)(c1ccccc1)C(C)(O)c1ccccc1. The first kappa shape index (κ1) is 15.3. The van der Waals surface area contributed by atoms with Crippen molar-refractivity contribution in [2.45, 2.75) is 32.0 Å². The molecule has 21 heavy (non-hydrogen) atoms. The van der Waals surface area contributed by atoms with Crippen molar-refractivity contribution in [3.05, 3.63) is 71.8 Å². The van der Waals surface area contributed by atoms with E-state index in [1.165, 1.54) is 6.92 Å². The molecule has 3 nitrogen and oxygen atoms in total. The van der Waals surface area contributed by atoms with Crippen molar-refractivity contribution < 1.29 is 14.6 Å². The number of benzene rings is 2. The normalized spacial score (nSPS) is 16.6. The largest absolute Gasteiger partial charge is 0.451 e. The molecule has 3 heteroatoms. The number of carbonyl (C=O) groups is 1. The average molecular weight is 284 g/mol. The molecule has 2 unspecified atom stereocenters. The van der Waals surface area contributed by atoms with Crippen LogP contribution in [0.5, 0.6) is 0 Å². The van der Waals surface area contributed by atoms with Gasteiger partial charge >= 0.3 is 5.97 Å². The van der Waals surface area contributed by atoms with Crippen LogP contribution in [0.4, 0.5) is 0 Å². The first-order valence-electron chi connectivity index (χ1n) is 6.91. The van der Waals surface area contributed by atoms with Gasteiger partial charge in [0.1, 0.15) is 5.60 Å². The van der Waals surface area contributed by atoms with Gasteiger partial charge in [0, 0.05) is 6.92 Å². The maximum Gasteiger partial charge on any atom is 0.303 e. The first-order chi connectivity index (χ1) is 9.88. The third-order valence-corrected chi connectivity index (χ3v) is 3.94. The number of ether oxygens (including phenoxy) is 1. The van der Waals surface area contributed by atoms with E-state index in [0.29, 0.717) is 5.56 Å². The van der Waals surface area contributed by atoms with E-state index in [1.807, 2.05) is 60.7 Å². The summed E-state index contributed by atoms with van der Waals surface area (Å²) in [4.78, 5) is 11.6. The van der Waals surface area contributed by atoms with Crippen molar-refractivity contribution in [2.75, 3.05) is 0 Å². The Hall–Kier alpha value is -2.13. The van der Waals surface area contributed by atoms with Crippen LogP contribution >= 0.6 is 0 Å². The molecular formula is C18H20O3. The Labute approximate surface area is 125 Å². The number of carbonyl (C=O) groups excluding carboxylic acids is 1. The Balaban J connectivity index is 2.57. The molecule has 0 heterocycles. The van der Waals surface area contributed by atoms with Crippen LogP contribution in [0, 0.1) is 0 Å². The van der Waals surface area contributed by atoms with Gasteiger partial charge in [-0.15, -0.1) is 0 Å². The van der Waals surface area contributed by atoms with E-state index >= 15 is 0 Å². The number of esters is 1. The van der Waals surface area contributed by atoms with Crippen molar-refractivity contribution in [2.24, 2.45) is 0 Å². The Kier molecular flexibility index (Phi) is 4.14. The number of rotatable bonds is 4. The van der Waals surface area contributed by atoms with Gasteiger partial charge in [0.2, 0.25) is 0 Å². The summed E-state index contributed by atoms with van der Waals surface area (Å²) in [5.41, 5.74) is -1.10. The highest BCUT2D eigenvalue weighted by atomic mass is 16.6. The number of hydrogen-bond donors (Lipinski definition) is 1. The monoisotopic (exact) mass is 284 g/mol. The Morgan fingerprint density at radius 1 is 0.905 bits per heavy atom. The van der Waals surface area contributed by atoms with Gasteiger partial charge in [0.15, 0.2) is 5.60 Å². The van der Waals surface area contributed by atoms with Gasteiger partial charge in [0.25, 0.3) is 0 Å². The molecule has 2 aromatic rings. The lowest BCUT2D eigenvalue weighted by atomic mass is 9.75. The van der Waals surface area contributed by atoms with Crippen LogP contribution in [-0.2, 0) is 20.7 Å². The maximum atomic E-state index is 11.6. The summed E-state index contributed by atoms with van der Waals surface area (Å²) in [7, 11) is 0. The topological polar surface area (TPSA) is 46.5 Å². The number of aliphatic hydroxyl groups is 1. The molecule has 0 saturated carbocycles. The summed E-state index contributed by atoms with van der Waals surface area (Å²) in [6, 6.07) is 18.5. The van der Waals surface area contributed by atoms with Crippen LogP contribution in [-0.4, -0.2) is 11.1 Å². The van der Waals surface area contributed by atoms with Gasteiger partial charge in [-0.25, -0.2) is 0 Å². The van der Waals surface area contributed by atoms with E-state index in [-0.39, 0.29) is 0 Å². The smallest absolute Gasteiger partial charge is 0.303 e. The van der Waals surface area contributed by atoms with Crippen LogP contribution in [0.2, 0.25) is 0 Å². The fraction of sp³-hybridized carbons (Fsp3) is 0.278. The third-order valence-electron chi connectivity index (χ3n) is 3.94. The Morgan fingerprint density at radius 2 is 1.33 bits per heavy atom. The average Bonchev–Trinajstić information content (AvgIpc) is 2.48. The van der Waals surface area contributed by atoms with E-state index < -0.39 is 17.2 Å². The molecule has 0 aliphatic carbocycles. The molecule has 0 amide bonds. The predicted octanol–water partition coefficient (Wildman–Crippen LogP) is 3.37. The van der Waals surface area contributed by atoms with E-state index in [1.54, 1.807) is 13.8 Å². The van der Waals surface area contributed by atoms with Gasteiger partial charge in [-0.1, -0.05) is 60.7 Å². The summed E-state index contributed by atoms with van der Waals surface area (Å²) in [6.45, 7) is 4.75. The molecule has 0 saturated heterocycles. The molecular weight excluding hydrogens is 264 g/mol. The highest BCUT2D eigenvalue weighted by Gasteiger charge is 2.48. The second-order valence-corrected chi connectivity index (χ2v) is 5.43. The van der Waals surface area contributed by atoms with Crippen molar-refractivity contribution in [3.8, 4) is 0 Å². The molecule has 1 N–H and O–H groups in total. The minimum atomic E-state index is -1.36. The molecule has 0 spiro atoms. The van der Waals surface area contributed by atoms with Crippen LogP contribution < -0.4 is 0 Å². The highest BCUT2D eigenvalue weighted by Crippen LogP contribution is 2.43. The lowest BCUT2D eigenvalue weighted by Gasteiger charge is -2.42. The summed E-state index contributed by atoms with van der Waals surface area (Å²) in [5, 5.41) is 11.1. The molecule has 2 atom stereocenters. The molecule has 110 valence electrons. The molecule has 0 aliphatic heterocycles. The Morgan fingerprint density at radius 3 is 1.76 bits per heavy atom. The van der Waals surface area contributed by atoms with Gasteiger partial charge in [-0.2, -0.15) is 0 Å². The standard InChI is InChI=1S/C18H20O3/c1-14(19)21-18(3,16-12-8-5-9-13-16)17(2,20)15-10-6-4-7-11-15/h4-13,20H,1-3H3. The van der Waals surface area contributed by atoms with E-state index in [0.717, 1.165) is 5.56 Å². The van der Waals surface area contributed by atoms with Gasteiger partial charge in [-0.05, 0) is 25.0 Å². The molecule has 0 aromatic heterocycles. The van der Waals surface area contributed by atoms with E-state index in [4.69, 9.17) is 4.74 Å². The van der Waals surface area contributed by atoms with Crippen molar-refractivity contribution in [1.29, 1.82) is 0 Å². The molecule has 0 aliphatic rings. The van der Waals surface area contributed by atoms with Crippen LogP contribution in [0.15, 0.2) is 60.7 Å². The van der Waals surface area contributed by atoms with Gasteiger partial charge in [-0.3, -0.25) is 4.79 Å². The Bertz CT molecular complexity index is 605. The van der Waals surface area contributed by atoms with Gasteiger partial charge in [0.05, 0.1) is 0 Å². The summed E-state index contributed by atoms with van der Waals surface area (Å²) in [5.74, 6) is -0.433. The predicted molar refractivity (Wildman–Crippen MR) is 81.6 cm³/mol. The molecule has 2 rings (SSSR count). The van der Waals surface area contributed by atoms with E-state index in [9.17, 15) is 9.90 Å². The first-order valence-corrected chi connectivity index (χ1v) is 6.91. The quantitative estimate of drug-likeness (QED) is 0.876. The zero-order chi connectivity index (χ0) is 15.5. The molecule has 0 fully saturated rings. The van der Waals surface area contributed by atoms with Gasteiger partial charge < -0.3 is 9.84 Å². The fourth-order valence-electron chi connectivity index (χ4n) is 2.52. The zero-order valence-corrected chi connectivity index (χ0v) is 12.5. The lowest BCUT2D eigenvalue weighted by Crippen LogP contribution is -2.48. The highest BCUT2D eigenvalue weighted by molar-refractivity contribution is 5.67. The molecule has 0 bridgehead atoms. The third kappa shape index (κ3) is 2.83. The fourth-order valence-corrected chi connectivity index (χ4v) is 2.52. The molecule has 2 aromatic carbocycles. The summed E-state index contributed by atoms with van der Waals surface area (Å²) < 4.78 is 5.55. The summed E-state index contributed by atoms with van der Waals surface area (Å²) in [6.07, 6.45) is 0. The summed E-state index contributed by atoms with van der Waals surface area (Å²) >= 11 is 0. The van der Waals surface area contributed by atoms with Crippen molar-refractivity contribution >= 4 is 5.97 Å². The van der Waals surface area contributed by atoms with Crippen LogP contribution in [0.3, 0.4) is 0 Å². The minimum absolute atomic E-state index is 0.433. The van der Waals surface area contributed by atoms with E-state index in [2.05, 4.69) is 0 Å².